The minimum Gasteiger partial charge on any atom is -0.478 e. The molecule has 7 nitrogen and oxygen atoms in total. The van der Waals surface area contributed by atoms with E-state index in [9.17, 15) is 18.8 Å². The van der Waals surface area contributed by atoms with E-state index in [0.29, 0.717) is 0 Å². The first-order valence-electron chi connectivity index (χ1n) is 5.20. The van der Waals surface area contributed by atoms with Gasteiger partial charge in [-0.1, -0.05) is 0 Å². The van der Waals surface area contributed by atoms with Gasteiger partial charge in [-0.3, -0.25) is 14.3 Å². The minimum atomic E-state index is -1.16. The van der Waals surface area contributed by atoms with E-state index in [0.717, 1.165) is 10.8 Å². The Hall–Kier alpha value is -2.64. The maximum atomic E-state index is 13.0. The molecule has 0 aliphatic carbocycles. The lowest BCUT2D eigenvalue weighted by Gasteiger charge is -2.01. The molecule has 19 heavy (non-hydrogen) atoms. The first kappa shape index (κ1) is 12.8. The van der Waals surface area contributed by atoms with Gasteiger partial charge in [0.25, 0.3) is 5.56 Å². The second-order valence-electron chi connectivity index (χ2n) is 3.85. The van der Waals surface area contributed by atoms with Gasteiger partial charge in [0.2, 0.25) is 5.82 Å². The summed E-state index contributed by atoms with van der Waals surface area (Å²) in [5.74, 6) is -1.92. The highest BCUT2D eigenvalue weighted by atomic mass is 19.1. The zero-order valence-corrected chi connectivity index (χ0v) is 9.77. The summed E-state index contributed by atoms with van der Waals surface area (Å²) in [4.78, 5) is 34.9. The first-order valence-corrected chi connectivity index (χ1v) is 5.20. The Morgan fingerprint density at radius 3 is 2.79 bits per heavy atom. The van der Waals surface area contributed by atoms with Gasteiger partial charge in [0, 0.05) is 0 Å². The number of aromatic amines is 1. The van der Waals surface area contributed by atoms with Gasteiger partial charge in [-0.05, 0) is 13.0 Å². The zero-order chi connectivity index (χ0) is 14.2. The summed E-state index contributed by atoms with van der Waals surface area (Å²) >= 11 is 0. The number of halogens is 1. The fourth-order valence-corrected chi connectivity index (χ4v) is 1.60. The summed E-state index contributed by atoms with van der Waals surface area (Å²) in [6.45, 7) is 1.28. The molecule has 2 N–H and O–H groups in total. The first-order chi connectivity index (χ1) is 8.88. The number of H-pyrrole nitrogens is 1. The number of hydrogen-bond acceptors (Lipinski definition) is 4. The number of carboxylic acid groups (broad SMARTS) is 1. The van der Waals surface area contributed by atoms with E-state index in [2.05, 4.69) is 0 Å². The largest absolute Gasteiger partial charge is 0.478 e. The molecule has 2 aromatic rings. The summed E-state index contributed by atoms with van der Waals surface area (Å²) < 4.78 is 19.1. The van der Waals surface area contributed by atoms with Crippen LogP contribution in [-0.2, 0) is 6.54 Å². The lowest BCUT2D eigenvalue weighted by molar-refractivity contribution is 0.0695. The molecule has 0 aliphatic rings. The third-order valence-electron chi connectivity index (χ3n) is 2.49. The molecule has 0 bridgehead atoms. The fourth-order valence-electron chi connectivity index (χ4n) is 1.60. The second kappa shape index (κ2) is 4.56. The predicted molar refractivity (Wildman–Crippen MR) is 60.8 cm³/mol. The molecule has 0 aliphatic heterocycles. The van der Waals surface area contributed by atoms with E-state index in [-0.39, 0.29) is 23.6 Å². The van der Waals surface area contributed by atoms with Crippen LogP contribution in [0.2, 0.25) is 0 Å². The van der Waals surface area contributed by atoms with Crippen molar-refractivity contribution in [2.75, 3.05) is 0 Å². The maximum absolute atomic E-state index is 13.0. The number of nitrogens with zero attached hydrogens (tertiary/aromatic N) is 1. The Balaban J connectivity index is 2.39. The molecule has 0 fully saturated rings. The van der Waals surface area contributed by atoms with Gasteiger partial charge < -0.3 is 9.52 Å². The Labute approximate surface area is 104 Å². The predicted octanol–water partition coefficient (Wildman–Crippen LogP) is 0.324. The third kappa shape index (κ3) is 2.46. The minimum absolute atomic E-state index is 0.0343. The van der Waals surface area contributed by atoms with Gasteiger partial charge >= 0.3 is 11.7 Å². The van der Waals surface area contributed by atoms with Crippen molar-refractivity contribution >= 4 is 5.97 Å². The molecular weight excluding hydrogens is 259 g/mol. The van der Waals surface area contributed by atoms with Crippen molar-refractivity contribution in [1.29, 1.82) is 0 Å². The zero-order valence-electron chi connectivity index (χ0n) is 9.77. The van der Waals surface area contributed by atoms with Crippen LogP contribution in [0.4, 0.5) is 4.39 Å². The highest BCUT2D eigenvalue weighted by Gasteiger charge is 2.14. The topological polar surface area (TPSA) is 105 Å². The van der Waals surface area contributed by atoms with Crippen LogP contribution in [0.15, 0.2) is 26.3 Å². The van der Waals surface area contributed by atoms with Crippen molar-refractivity contribution in [3.05, 3.63) is 56.0 Å². The monoisotopic (exact) mass is 268 g/mol. The smallest absolute Gasteiger partial charge is 0.339 e. The van der Waals surface area contributed by atoms with Crippen LogP contribution in [0, 0.1) is 12.7 Å². The van der Waals surface area contributed by atoms with Crippen LogP contribution in [0.25, 0.3) is 0 Å². The quantitative estimate of drug-likeness (QED) is 0.834. The summed E-state index contributed by atoms with van der Waals surface area (Å²) in [5, 5.41) is 8.84. The molecule has 2 rings (SSSR count). The number of furan rings is 1. The fraction of sp³-hybridized carbons (Fsp3) is 0.182. The van der Waals surface area contributed by atoms with Gasteiger partial charge in [-0.2, -0.15) is 4.39 Å². The number of carboxylic acids is 1. The lowest BCUT2D eigenvalue weighted by Crippen LogP contribution is -2.31. The number of hydrogen-bond donors (Lipinski definition) is 2. The molecule has 100 valence electrons. The van der Waals surface area contributed by atoms with Crippen molar-refractivity contribution < 1.29 is 18.7 Å². The van der Waals surface area contributed by atoms with Gasteiger partial charge in [0.05, 0.1) is 12.7 Å². The maximum Gasteiger partial charge on any atom is 0.339 e. The number of aromatic carboxylic acids is 1. The van der Waals surface area contributed by atoms with Crippen molar-refractivity contribution in [3.8, 4) is 0 Å². The third-order valence-corrected chi connectivity index (χ3v) is 2.49. The molecule has 0 saturated heterocycles. The normalized spacial score (nSPS) is 10.6. The molecule has 0 unspecified atom stereocenters. The molecule has 0 amide bonds. The van der Waals surface area contributed by atoms with E-state index < -0.39 is 23.0 Å². The van der Waals surface area contributed by atoms with Crippen molar-refractivity contribution in [1.82, 2.24) is 9.55 Å². The highest BCUT2D eigenvalue weighted by molar-refractivity contribution is 5.88. The van der Waals surface area contributed by atoms with E-state index in [1.54, 1.807) is 4.98 Å². The highest BCUT2D eigenvalue weighted by Crippen LogP contribution is 2.15. The number of aromatic nitrogens is 2. The number of aryl methyl sites for hydroxylation is 1. The van der Waals surface area contributed by atoms with Crippen molar-refractivity contribution in [2.24, 2.45) is 0 Å². The average Bonchev–Trinajstić information content (AvgIpc) is 2.67. The molecule has 8 heteroatoms. The van der Waals surface area contributed by atoms with E-state index >= 15 is 0 Å². The van der Waals surface area contributed by atoms with E-state index in [4.69, 9.17) is 9.52 Å². The Morgan fingerprint density at radius 1 is 1.53 bits per heavy atom. The van der Waals surface area contributed by atoms with E-state index in [1.165, 1.54) is 13.0 Å². The molecule has 0 radical (unpaired) electrons. The number of rotatable bonds is 3. The molecule has 0 saturated carbocycles. The van der Waals surface area contributed by atoms with Crippen LogP contribution in [0.3, 0.4) is 0 Å². The molecule has 0 atom stereocenters. The summed E-state index contributed by atoms with van der Waals surface area (Å²) in [7, 11) is 0. The second-order valence-corrected chi connectivity index (χ2v) is 3.85. The Kier molecular flexibility index (Phi) is 3.07. The number of carbonyl (C=O) groups is 1. The number of nitrogens with one attached hydrogen (secondary N) is 1. The summed E-state index contributed by atoms with van der Waals surface area (Å²) in [6, 6.07) is 1.24. The molecule has 0 spiro atoms. The van der Waals surface area contributed by atoms with Gasteiger partial charge in [0.15, 0.2) is 0 Å². The van der Waals surface area contributed by atoms with E-state index in [1.807, 2.05) is 0 Å². The summed E-state index contributed by atoms with van der Waals surface area (Å²) in [5.41, 5.74) is -1.95. The SMILES string of the molecule is Cc1oc(Cn2cc(F)c(=O)[nH]c2=O)cc1C(=O)O. The molecule has 2 aromatic heterocycles. The lowest BCUT2D eigenvalue weighted by atomic mass is 10.2. The van der Waals surface area contributed by atoms with Crippen LogP contribution < -0.4 is 11.2 Å². The molecule has 2 heterocycles. The standard InChI is InChI=1S/C11H9FN2O5/c1-5-7(10(16)17)2-6(19-5)3-14-4-8(12)9(15)13-11(14)18/h2,4H,3H2,1H3,(H,16,17)(H,13,15,18). The van der Waals surface area contributed by atoms with Crippen LogP contribution >= 0.6 is 0 Å². The molecule has 0 aromatic carbocycles. The summed E-state index contributed by atoms with van der Waals surface area (Å²) in [6.07, 6.45) is 0.736. The van der Waals surface area contributed by atoms with Crippen LogP contribution in [0.5, 0.6) is 0 Å². The van der Waals surface area contributed by atoms with Crippen LogP contribution in [0.1, 0.15) is 21.9 Å². The van der Waals surface area contributed by atoms with Crippen LogP contribution in [-0.4, -0.2) is 20.6 Å². The van der Waals surface area contributed by atoms with Gasteiger partial charge in [-0.15, -0.1) is 0 Å². The van der Waals surface area contributed by atoms with Crippen molar-refractivity contribution in [3.63, 3.8) is 0 Å². The Bertz CT molecular complexity index is 755. The van der Waals surface area contributed by atoms with Crippen molar-refractivity contribution in [2.45, 2.75) is 13.5 Å². The van der Waals surface area contributed by atoms with Gasteiger partial charge in [0.1, 0.15) is 17.1 Å². The Morgan fingerprint density at radius 2 is 2.21 bits per heavy atom. The molecular formula is C11H9FN2O5. The van der Waals surface area contributed by atoms with Gasteiger partial charge in [-0.25, -0.2) is 9.59 Å². The average molecular weight is 268 g/mol.